The predicted molar refractivity (Wildman–Crippen MR) is 128 cm³/mol. The van der Waals surface area contributed by atoms with Gasteiger partial charge in [0, 0.05) is 23.5 Å². The lowest BCUT2D eigenvalue weighted by Crippen LogP contribution is -2.30. The fraction of sp³-hybridized carbons (Fsp3) is 0.200. The Kier molecular flexibility index (Phi) is 7.84. The minimum Gasteiger partial charge on any atom is -0.483 e. The van der Waals surface area contributed by atoms with Gasteiger partial charge in [-0.05, 0) is 83.4 Å². The lowest BCUT2D eigenvalue weighted by Gasteiger charge is -2.21. The Morgan fingerprint density at radius 3 is 2.29 bits per heavy atom. The molecule has 0 atom stereocenters. The van der Waals surface area contributed by atoms with Crippen molar-refractivity contribution in [2.75, 3.05) is 23.4 Å². The molecule has 31 heavy (non-hydrogen) atoms. The number of amides is 2. The van der Waals surface area contributed by atoms with E-state index in [9.17, 15) is 9.59 Å². The van der Waals surface area contributed by atoms with Gasteiger partial charge in [-0.1, -0.05) is 31.2 Å². The van der Waals surface area contributed by atoms with Gasteiger partial charge in [0.15, 0.2) is 6.61 Å². The highest BCUT2D eigenvalue weighted by Gasteiger charge is 2.16. The summed E-state index contributed by atoms with van der Waals surface area (Å²) in [6.07, 6.45) is 0.930. The van der Waals surface area contributed by atoms with Gasteiger partial charge in [-0.15, -0.1) is 0 Å². The number of nitrogens with zero attached hydrogens (tertiary/aromatic N) is 1. The van der Waals surface area contributed by atoms with E-state index in [1.807, 2.05) is 55.5 Å². The summed E-state index contributed by atoms with van der Waals surface area (Å²) in [7, 11) is 0. The molecule has 0 spiro atoms. The molecule has 6 heteroatoms. The normalized spacial score (nSPS) is 10.4. The van der Waals surface area contributed by atoms with Crippen molar-refractivity contribution in [2.45, 2.75) is 20.3 Å². The number of hydrogen-bond acceptors (Lipinski definition) is 3. The van der Waals surface area contributed by atoms with Crippen molar-refractivity contribution in [2.24, 2.45) is 0 Å². The van der Waals surface area contributed by atoms with Crippen LogP contribution in [0.15, 0.2) is 77.3 Å². The van der Waals surface area contributed by atoms with Crippen molar-refractivity contribution in [3.63, 3.8) is 0 Å². The third-order valence-electron chi connectivity index (χ3n) is 4.81. The number of para-hydroxylation sites is 1. The third-order valence-corrected chi connectivity index (χ3v) is 5.43. The van der Waals surface area contributed by atoms with Crippen molar-refractivity contribution >= 4 is 39.1 Å². The molecule has 0 radical (unpaired) electrons. The SMILES string of the molecule is CCc1ccc(OCC(=O)Nc2ccc(C(=O)N(CC)c3ccccc3)cc2)c(Br)c1. The summed E-state index contributed by atoms with van der Waals surface area (Å²) >= 11 is 3.47. The molecule has 3 aromatic rings. The molecule has 0 bridgehead atoms. The molecule has 0 aromatic heterocycles. The smallest absolute Gasteiger partial charge is 0.262 e. The molecule has 0 aliphatic rings. The van der Waals surface area contributed by atoms with E-state index in [-0.39, 0.29) is 18.4 Å². The van der Waals surface area contributed by atoms with E-state index in [0.717, 1.165) is 16.6 Å². The predicted octanol–water partition coefficient (Wildman–Crippen LogP) is 5.70. The zero-order valence-corrected chi connectivity index (χ0v) is 19.2. The molecule has 0 unspecified atom stereocenters. The lowest BCUT2D eigenvalue weighted by atomic mass is 10.1. The van der Waals surface area contributed by atoms with Crippen molar-refractivity contribution in [3.8, 4) is 5.75 Å². The number of ether oxygens (including phenoxy) is 1. The minimum absolute atomic E-state index is 0.0877. The highest BCUT2D eigenvalue weighted by atomic mass is 79.9. The first-order valence-electron chi connectivity index (χ1n) is 10.2. The van der Waals surface area contributed by atoms with Gasteiger partial charge in [-0.25, -0.2) is 0 Å². The quantitative estimate of drug-likeness (QED) is 0.450. The van der Waals surface area contributed by atoms with Crippen molar-refractivity contribution in [3.05, 3.63) is 88.4 Å². The van der Waals surface area contributed by atoms with Crippen LogP contribution in [0.3, 0.4) is 0 Å². The van der Waals surface area contributed by atoms with Crippen LogP contribution in [-0.4, -0.2) is 25.0 Å². The maximum atomic E-state index is 12.9. The molecule has 0 aliphatic heterocycles. The second-order valence-corrected chi connectivity index (χ2v) is 7.77. The Labute approximate surface area is 191 Å². The van der Waals surface area contributed by atoms with Crippen LogP contribution in [0, 0.1) is 0 Å². The highest BCUT2D eigenvalue weighted by molar-refractivity contribution is 9.10. The van der Waals surface area contributed by atoms with Gasteiger partial charge in [0.05, 0.1) is 4.47 Å². The van der Waals surface area contributed by atoms with Gasteiger partial charge in [0.25, 0.3) is 11.8 Å². The summed E-state index contributed by atoms with van der Waals surface area (Å²) in [5.41, 5.74) is 3.20. The fourth-order valence-corrected chi connectivity index (χ4v) is 3.67. The molecule has 160 valence electrons. The van der Waals surface area contributed by atoms with E-state index in [0.29, 0.717) is 23.5 Å². The van der Waals surface area contributed by atoms with Gasteiger partial charge < -0.3 is 15.0 Å². The van der Waals surface area contributed by atoms with E-state index in [1.165, 1.54) is 5.56 Å². The molecule has 0 fully saturated rings. The molecule has 0 saturated carbocycles. The van der Waals surface area contributed by atoms with Crippen LogP contribution in [0.1, 0.15) is 29.8 Å². The summed E-state index contributed by atoms with van der Waals surface area (Å²) in [6.45, 7) is 4.47. The molecule has 0 aliphatic carbocycles. The van der Waals surface area contributed by atoms with Crippen LogP contribution in [0.25, 0.3) is 0 Å². The van der Waals surface area contributed by atoms with Crippen LogP contribution < -0.4 is 15.0 Å². The summed E-state index contributed by atoms with van der Waals surface area (Å²) in [5.74, 6) is 0.258. The van der Waals surface area contributed by atoms with E-state index in [4.69, 9.17) is 4.74 Å². The summed E-state index contributed by atoms with van der Waals surface area (Å²) in [5, 5.41) is 2.79. The topological polar surface area (TPSA) is 58.6 Å². The monoisotopic (exact) mass is 480 g/mol. The van der Waals surface area contributed by atoms with Crippen LogP contribution in [0.4, 0.5) is 11.4 Å². The molecular weight excluding hydrogens is 456 g/mol. The van der Waals surface area contributed by atoms with Crippen molar-refractivity contribution in [1.29, 1.82) is 0 Å². The third kappa shape index (κ3) is 5.95. The van der Waals surface area contributed by atoms with Gasteiger partial charge in [0.1, 0.15) is 5.75 Å². The van der Waals surface area contributed by atoms with Crippen LogP contribution in [0.2, 0.25) is 0 Å². The first kappa shape index (κ1) is 22.6. The Morgan fingerprint density at radius 1 is 0.968 bits per heavy atom. The van der Waals surface area contributed by atoms with E-state index >= 15 is 0 Å². The van der Waals surface area contributed by atoms with E-state index in [2.05, 4.69) is 28.2 Å². The minimum atomic E-state index is -0.273. The Hall–Kier alpha value is -3.12. The number of hydrogen-bond donors (Lipinski definition) is 1. The van der Waals surface area contributed by atoms with Crippen LogP contribution in [-0.2, 0) is 11.2 Å². The standard InChI is InChI=1S/C25H25BrN2O3/c1-3-18-10-15-23(22(26)16-18)31-17-24(29)27-20-13-11-19(12-14-20)25(30)28(4-2)21-8-6-5-7-9-21/h5-16H,3-4,17H2,1-2H3,(H,27,29). The summed E-state index contributed by atoms with van der Waals surface area (Å²) < 4.78 is 6.43. The molecular formula is C25H25BrN2O3. The molecule has 5 nitrogen and oxygen atoms in total. The average Bonchev–Trinajstić information content (AvgIpc) is 2.80. The number of carbonyl (C=O) groups excluding carboxylic acids is 2. The molecule has 3 aromatic carbocycles. The van der Waals surface area contributed by atoms with Crippen LogP contribution in [0.5, 0.6) is 5.75 Å². The largest absolute Gasteiger partial charge is 0.483 e. The molecule has 0 saturated heterocycles. The summed E-state index contributed by atoms with van der Waals surface area (Å²) in [4.78, 5) is 26.8. The Bertz CT molecular complexity index is 1040. The molecule has 1 N–H and O–H groups in total. The second-order valence-electron chi connectivity index (χ2n) is 6.92. The number of nitrogens with one attached hydrogen (secondary N) is 1. The molecule has 3 rings (SSSR count). The highest BCUT2D eigenvalue weighted by Crippen LogP contribution is 2.26. The average molecular weight is 481 g/mol. The Balaban J connectivity index is 1.58. The molecule has 2 amide bonds. The first-order valence-corrected chi connectivity index (χ1v) is 11.0. The number of carbonyl (C=O) groups is 2. The van der Waals surface area contributed by atoms with Gasteiger partial charge in [0.2, 0.25) is 0 Å². The first-order chi connectivity index (χ1) is 15.0. The maximum absolute atomic E-state index is 12.9. The lowest BCUT2D eigenvalue weighted by molar-refractivity contribution is -0.118. The van der Waals surface area contributed by atoms with Crippen molar-refractivity contribution < 1.29 is 14.3 Å². The number of anilines is 2. The van der Waals surface area contributed by atoms with Gasteiger partial charge in [-0.3, -0.25) is 9.59 Å². The van der Waals surface area contributed by atoms with Gasteiger partial charge >= 0.3 is 0 Å². The zero-order chi connectivity index (χ0) is 22.2. The number of aryl methyl sites for hydroxylation is 1. The van der Waals surface area contributed by atoms with E-state index in [1.54, 1.807) is 29.2 Å². The van der Waals surface area contributed by atoms with E-state index < -0.39 is 0 Å². The number of rotatable bonds is 8. The number of benzene rings is 3. The molecule has 0 heterocycles. The van der Waals surface area contributed by atoms with Crippen molar-refractivity contribution in [1.82, 2.24) is 0 Å². The second kappa shape index (κ2) is 10.8. The summed E-state index contributed by atoms with van der Waals surface area (Å²) in [6, 6.07) is 22.2. The zero-order valence-electron chi connectivity index (χ0n) is 17.6. The van der Waals surface area contributed by atoms with Gasteiger partial charge in [-0.2, -0.15) is 0 Å². The number of halogens is 1. The maximum Gasteiger partial charge on any atom is 0.262 e. The van der Waals surface area contributed by atoms with Crippen LogP contribution >= 0.6 is 15.9 Å². The fourth-order valence-electron chi connectivity index (χ4n) is 3.13. The Morgan fingerprint density at radius 2 is 1.68 bits per heavy atom.